The molecule has 0 fully saturated rings. The summed E-state index contributed by atoms with van der Waals surface area (Å²) in [4.78, 5) is 2.20. The maximum Gasteiger partial charge on any atom is 0.205 e. The summed E-state index contributed by atoms with van der Waals surface area (Å²) in [6.45, 7) is 7.65. The van der Waals surface area contributed by atoms with Crippen molar-refractivity contribution in [2.24, 2.45) is 0 Å². The molecule has 0 bridgehead atoms. The summed E-state index contributed by atoms with van der Waals surface area (Å²) in [6, 6.07) is 2.16. The van der Waals surface area contributed by atoms with Gasteiger partial charge in [0.05, 0.1) is 12.6 Å². The molecule has 0 aliphatic rings. The molecule has 0 saturated heterocycles. The van der Waals surface area contributed by atoms with E-state index in [4.69, 9.17) is 5.26 Å². The molecule has 0 radical (unpaired) electrons. The molecule has 0 aliphatic carbocycles. The molecule has 1 aromatic heterocycles. The number of rotatable bonds is 8. The van der Waals surface area contributed by atoms with Crippen molar-refractivity contribution in [3.05, 3.63) is 5.01 Å². The third-order valence-electron chi connectivity index (χ3n) is 2.34. The third-order valence-corrected chi connectivity index (χ3v) is 3.20. The second-order valence-corrected chi connectivity index (χ2v) is 4.77. The fraction of sp³-hybridized carbons (Fsp3) is 0.727. The zero-order valence-corrected chi connectivity index (χ0v) is 11.3. The highest BCUT2D eigenvalue weighted by atomic mass is 32.1. The highest BCUT2D eigenvalue weighted by molar-refractivity contribution is 7.15. The van der Waals surface area contributed by atoms with Gasteiger partial charge in [-0.2, -0.15) is 5.26 Å². The summed E-state index contributed by atoms with van der Waals surface area (Å²) in [5.74, 6) is 0. The number of hydrogen-bond donors (Lipinski definition) is 1. The molecule has 0 amide bonds. The molecular formula is C11H19N5S. The topological polar surface area (TPSA) is 64.8 Å². The normalized spacial score (nSPS) is 10.5. The summed E-state index contributed by atoms with van der Waals surface area (Å²) < 4.78 is 0. The predicted octanol–water partition coefficient (Wildman–Crippen LogP) is 2.10. The molecule has 0 unspecified atom stereocenters. The van der Waals surface area contributed by atoms with Crippen molar-refractivity contribution in [3.8, 4) is 6.07 Å². The van der Waals surface area contributed by atoms with Gasteiger partial charge in [0, 0.05) is 19.5 Å². The predicted molar refractivity (Wildman–Crippen MR) is 69.9 cm³/mol. The van der Waals surface area contributed by atoms with Gasteiger partial charge in [0.1, 0.15) is 5.01 Å². The van der Waals surface area contributed by atoms with Gasteiger partial charge in [0.25, 0.3) is 0 Å². The second kappa shape index (κ2) is 7.98. The maximum absolute atomic E-state index is 8.57. The van der Waals surface area contributed by atoms with Crippen LogP contribution in [0, 0.1) is 11.3 Å². The maximum atomic E-state index is 8.57. The van der Waals surface area contributed by atoms with Gasteiger partial charge in [-0.1, -0.05) is 25.2 Å². The molecule has 0 saturated carbocycles. The van der Waals surface area contributed by atoms with Crippen LogP contribution in [-0.2, 0) is 6.54 Å². The Morgan fingerprint density at radius 3 is 2.88 bits per heavy atom. The summed E-state index contributed by atoms with van der Waals surface area (Å²) in [6.07, 6.45) is 1.64. The number of hydrogen-bond acceptors (Lipinski definition) is 6. The SMILES string of the molecule is CCCNc1nnc(CN(CC)CCC#N)s1. The van der Waals surface area contributed by atoms with E-state index >= 15 is 0 Å². The van der Waals surface area contributed by atoms with Gasteiger partial charge in [0.2, 0.25) is 5.13 Å². The molecule has 1 N–H and O–H groups in total. The first-order chi connectivity index (χ1) is 8.30. The number of nitriles is 1. The minimum absolute atomic E-state index is 0.563. The zero-order valence-electron chi connectivity index (χ0n) is 10.4. The summed E-state index contributed by atoms with van der Waals surface area (Å²) in [5.41, 5.74) is 0. The molecule has 0 spiro atoms. The lowest BCUT2D eigenvalue weighted by atomic mass is 10.4. The molecule has 94 valence electrons. The highest BCUT2D eigenvalue weighted by Crippen LogP contribution is 2.16. The molecule has 1 rings (SSSR count). The molecule has 0 aliphatic heterocycles. The van der Waals surface area contributed by atoms with Crippen LogP contribution in [0.15, 0.2) is 0 Å². The van der Waals surface area contributed by atoms with E-state index < -0.39 is 0 Å². The Morgan fingerprint density at radius 2 is 2.24 bits per heavy atom. The zero-order chi connectivity index (χ0) is 12.5. The number of nitrogens with one attached hydrogen (secondary N) is 1. The first-order valence-corrected chi connectivity index (χ1v) is 6.77. The summed E-state index contributed by atoms with van der Waals surface area (Å²) in [7, 11) is 0. The van der Waals surface area contributed by atoms with E-state index in [0.29, 0.717) is 6.42 Å². The Labute approximate surface area is 106 Å². The van der Waals surface area contributed by atoms with Crippen molar-refractivity contribution in [3.63, 3.8) is 0 Å². The van der Waals surface area contributed by atoms with E-state index in [2.05, 4.69) is 40.3 Å². The summed E-state index contributed by atoms with van der Waals surface area (Å²) >= 11 is 1.59. The molecule has 17 heavy (non-hydrogen) atoms. The molecule has 1 heterocycles. The van der Waals surface area contributed by atoms with Gasteiger partial charge in [-0.05, 0) is 13.0 Å². The fourth-order valence-corrected chi connectivity index (χ4v) is 2.18. The van der Waals surface area contributed by atoms with Crippen molar-refractivity contribution in [1.29, 1.82) is 5.26 Å². The van der Waals surface area contributed by atoms with Crippen LogP contribution < -0.4 is 5.32 Å². The molecule has 5 nitrogen and oxygen atoms in total. The van der Waals surface area contributed by atoms with E-state index in [1.807, 2.05) is 0 Å². The van der Waals surface area contributed by atoms with Gasteiger partial charge in [-0.25, -0.2) is 0 Å². The number of aromatic nitrogens is 2. The van der Waals surface area contributed by atoms with Gasteiger partial charge < -0.3 is 5.32 Å². The quantitative estimate of drug-likeness (QED) is 0.768. The lowest BCUT2D eigenvalue weighted by Gasteiger charge is -2.16. The van der Waals surface area contributed by atoms with Crippen LogP contribution in [0.3, 0.4) is 0 Å². The molecule has 0 aromatic carbocycles. The Morgan fingerprint density at radius 1 is 1.41 bits per heavy atom. The van der Waals surface area contributed by atoms with Crippen molar-refractivity contribution in [2.45, 2.75) is 33.2 Å². The van der Waals surface area contributed by atoms with Gasteiger partial charge in [-0.15, -0.1) is 10.2 Å². The monoisotopic (exact) mass is 253 g/mol. The molecule has 0 atom stereocenters. The van der Waals surface area contributed by atoms with Crippen LogP contribution in [-0.4, -0.2) is 34.7 Å². The Balaban J connectivity index is 2.43. The third kappa shape index (κ3) is 5.11. The molecule has 1 aromatic rings. The number of nitrogens with zero attached hydrogens (tertiary/aromatic N) is 4. The van der Waals surface area contributed by atoms with Crippen LogP contribution in [0.25, 0.3) is 0 Å². The van der Waals surface area contributed by atoms with E-state index in [9.17, 15) is 0 Å². The minimum atomic E-state index is 0.563. The van der Waals surface area contributed by atoms with E-state index in [0.717, 1.165) is 42.7 Å². The highest BCUT2D eigenvalue weighted by Gasteiger charge is 2.08. The van der Waals surface area contributed by atoms with Gasteiger partial charge >= 0.3 is 0 Å². The fourth-order valence-electron chi connectivity index (χ4n) is 1.37. The van der Waals surface area contributed by atoms with Crippen LogP contribution in [0.5, 0.6) is 0 Å². The van der Waals surface area contributed by atoms with E-state index in [1.54, 1.807) is 11.3 Å². The average Bonchev–Trinajstić information content (AvgIpc) is 2.79. The van der Waals surface area contributed by atoms with E-state index in [-0.39, 0.29) is 0 Å². The largest absolute Gasteiger partial charge is 0.360 e. The minimum Gasteiger partial charge on any atom is -0.360 e. The van der Waals surface area contributed by atoms with Crippen LogP contribution >= 0.6 is 11.3 Å². The standard InChI is InChI=1S/C11H19N5S/c1-3-7-13-11-15-14-10(17-11)9-16(4-2)8-5-6-12/h3-5,7-9H2,1-2H3,(H,13,15). The number of anilines is 1. The smallest absolute Gasteiger partial charge is 0.205 e. The second-order valence-electron chi connectivity index (χ2n) is 3.70. The Bertz CT molecular complexity index is 357. The summed E-state index contributed by atoms with van der Waals surface area (Å²) in [5, 5.41) is 21.9. The van der Waals surface area contributed by atoms with Crippen molar-refractivity contribution in [1.82, 2.24) is 15.1 Å². The lowest BCUT2D eigenvalue weighted by Crippen LogP contribution is -2.23. The van der Waals surface area contributed by atoms with Gasteiger partial charge in [0.15, 0.2) is 0 Å². The van der Waals surface area contributed by atoms with Crippen molar-refractivity contribution >= 4 is 16.5 Å². The lowest BCUT2D eigenvalue weighted by molar-refractivity contribution is 0.285. The van der Waals surface area contributed by atoms with Crippen molar-refractivity contribution < 1.29 is 0 Å². The molecular weight excluding hydrogens is 234 g/mol. The van der Waals surface area contributed by atoms with Crippen LogP contribution in [0.2, 0.25) is 0 Å². The van der Waals surface area contributed by atoms with Crippen LogP contribution in [0.1, 0.15) is 31.7 Å². The first kappa shape index (κ1) is 13.9. The molecule has 6 heteroatoms. The average molecular weight is 253 g/mol. The Kier molecular flexibility index (Phi) is 6.51. The Hall–Kier alpha value is -1.19. The van der Waals surface area contributed by atoms with Gasteiger partial charge in [-0.3, -0.25) is 4.90 Å². The van der Waals surface area contributed by atoms with E-state index in [1.165, 1.54) is 0 Å². The van der Waals surface area contributed by atoms with Crippen molar-refractivity contribution in [2.75, 3.05) is 25.0 Å². The van der Waals surface area contributed by atoms with Crippen LogP contribution in [0.4, 0.5) is 5.13 Å². The first-order valence-electron chi connectivity index (χ1n) is 5.95.